The number of fused-ring (bicyclic) bond motifs is 1. The Kier molecular flexibility index (Phi) is 5.93. The van der Waals surface area contributed by atoms with Crippen molar-refractivity contribution in [2.24, 2.45) is 0 Å². The molecule has 0 spiro atoms. The summed E-state index contributed by atoms with van der Waals surface area (Å²) in [6, 6.07) is 13.8. The van der Waals surface area contributed by atoms with E-state index in [2.05, 4.69) is 15.3 Å². The maximum absolute atomic E-state index is 13.3. The molecule has 4 aromatic rings. The van der Waals surface area contributed by atoms with Gasteiger partial charge in [0.1, 0.15) is 11.5 Å². The van der Waals surface area contributed by atoms with E-state index in [4.69, 9.17) is 32.7 Å². The first-order chi connectivity index (χ1) is 15.0. The number of halogens is 2. The smallest absolute Gasteiger partial charge is 0.256 e. The van der Waals surface area contributed by atoms with Crippen LogP contribution < -0.4 is 14.8 Å². The summed E-state index contributed by atoms with van der Waals surface area (Å²) < 4.78 is 10.6. The van der Waals surface area contributed by atoms with Crippen LogP contribution in [0.1, 0.15) is 10.4 Å². The first-order valence-corrected chi connectivity index (χ1v) is 9.99. The van der Waals surface area contributed by atoms with Gasteiger partial charge in [0.2, 0.25) is 0 Å². The Hall–Kier alpha value is -3.35. The van der Waals surface area contributed by atoms with Gasteiger partial charge >= 0.3 is 0 Å². The monoisotopic (exact) mass is 453 g/mol. The number of methoxy groups -OCH3 is 2. The quantitative estimate of drug-likeness (QED) is 0.408. The van der Waals surface area contributed by atoms with Crippen LogP contribution in [-0.4, -0.2) is 30.1 Å². The molecule has 0 bridgehead atoms. The molecule has 31 heavy (non-hydrogen) atoms. The highest BCUT2D eigenvalue weighted by atomic mass is 35.5. The number of amides is 1. The van der Waals surface area contributed by atoms with Crippen LogP contribution in [0, 0.1) is 0 Å². The molecule has 0 aliphatic rings. The number of benzene rings is 2. The molecule has 0 aliphatic heterocycles. The fourth-order valence-corrected chi connectivity index (χ4v) is 3.61. The lowest BCUT2D eigenvalue weighted by atomic mass is 10.0. The second-order valence-electron chi connectivity index (χ2n) is 6.60. The minimum absolute atomic E-state index is 0.345. The number of anilines is 1. The van der Waals surface area contributed by atoms with Crippen LogP contribution in [0.4, 0.5) is 5.69 Å². The molecule has 0 saturated carbocycles. The van der Waals surface area contributed by atoms with E-state index in [-0.39, 0.29) is 5.91 Å². The number of carbonyl (C=O) groups is 1. The largest absolute Gasteiger partial charge is 0.495 e. The van der Waals surface area contributed by atoms with Crippen molar-refractivity contribution in [3.05, 3.63) is 76.5 Å². The van der Waals surface area contributed by atoms with Gasteiger partial charge in [-0.05, 0) is 42.5 Å². The van der Waals surface area contributed by atoms with Crippen molar-refractivity contribution >= 4 is 45.7 Å². The van der Waals surface area contributed by atoms with E-state index in [1.54, 1.807) is 48.8 Å². The minimum Gasteiger partial charge on any atom is -0.495 e. The molecule has 2 heterocycles. The SMILES string of the molecule is COc1cc(OC)c(NC(=O)c2cc(-c3cccnc3)nc3ccc(Cl)cc23)cc1Cl. The van der Waals surface area contributed by atoms with Gasteiger partial charge in [-0.15, -0.1) is 0 Å². The van der Waals surface area contributed by atoms with Gasteiger partial charge in [-0.1, -0.05) is 23.2 Å². The Morgan fingerprint density at radius 1 is 1.00 bits per heavy atom. The summed E-state index contributed by atoms with van der Waals surface area (Å²) in [5.74, 6) is 0.495. The highest BCUT2D eigenvalue weighted by molar-refractivity contribution is 6.33. The van der Waals surface area contributed by atoms with Gasteiger partial charge in [0.15, 0.2) is 0 Å². The van der Waals surface area contributed by atoms with Gasteiger partial charge in [0.05, 0.1) is 41.7 Å². The normalized spacial score (nSPS) is 10.7. The fraction of sp³-hybridized carbons (Fsp3) is 0.0870. The van der Waals surface area contributed by atoms with Crippen molar-refractivity contribution in [2.75, 3.05) is 19.5 Å². The van der Waals surface area contributed by atoms with Gasteiger partial charge in [-0.25, -0.2) is 4.98 Å². The molecular weight excluding hydrogens is 437 g/mol. The fourth-order valence-electron chi connectivity index (χ4n) is 3.20. The molecule has 0 radical (unpaired) electrons. The molecule has 4 rings (SSSR count). The summed E-state index contributed by atoms with van der Waals surface area (Å²) >= 11 is 12.4. The number of carbonyl (C=O) groups excluding carboxylic acids is 1. The van der Waals surface area contributed by atoms with Gasteiger partial charge in [0.25, 0.3) is 5.91 Å². The average Bonchev–Trinajstić information content (AvgIpc) is 2.79. The number of pyridine rings is 2. The third-order valence-corrected chi connectivity index (χ3v) is 5.23. The van der Waals surface area contributed by atoms with Gasteiger partial charge < -0.3 is 14.8 Å². The van der Waals surface area contributed by atoms with Gasteiger partial charge in [-0.2, -0.15) is 0 Å². The van der Waals surface area contributed by atoms with Crippen LogP contribution in [0.2, 0.25) is 10.0 Å². The van der Waals surface area contributed by atoms with Crippen molar-refractivity contribution in [2.45, 2.75) is 0 Å². The number of hydrogen-bond acceptors (Lipinski definition) is 5. The van der Waals surface area contributed by atoms with Crippen molar-refractivity contribution in [3.8, 4) is 22.8 Å². The number of hydrogen-bond donors (Lipinski definition) is 1. The third kappa shape index (κ3) is 4.26. The number of ether oxygens (including phenoxy) is 2. The summed E-state index contributed by atoms with van der Waals surface area (Å²) in [6.07, 6.45) is 3.37. The lowest BCUT2D eigenvalue weighted by molar-refractivity contribution is 0.102. The van der Waals surface area contributed by atoms with E-state index < -0.39 is 0 Å². The maximum atomic E-state index is 13.3. The molecule has 1 N–H and O–H groups in total. The minimum atomic E-state index is -0.362. The number of rotatable bonds is 5. The molecule has 2 aromatic carbocycles. The summed E-state index contributed by atoms with van der Waals surface area (Å²) in [5.41, 5.74) is 2.86. The van der Waals surface area contributed by atoms with E-state index in [1.165, 1.54) is 14.2 Å². The summed E-state index contributed by atoms with van der Waals surface area (Å²) in [5, 5.41) is 4.34. The second-order valence-corrected chi connectivity index (χ2v) is 7.44. The molecule has 8 heteroatoms. The molecule has 1 amide bonds. The van der Waals surface area contributed by atoms with E-state index in [1.807, 2.05) is 12.1 Å². The Bertz CT molecular complexity index is 1280. The lowest BCUT2D eigenvalue weighted by Gasteiger charge is -2.14. The average molecular weight is 454 g/mol. The van der Waals surface area contributed by atoms with Crippen LogP contribution >= 0.6 is 23.2 Å². The van der Waals surface area contributed by atoms with E-state index in [0.29, 0.717) is 49.4 Å². The third-order valence-electron chi connectivity index (χ3n) is 4.69. The van der Waals surface area contributed by atoms with Crippen LogP contribution in [0.5, 0.6) is 11.5 Å². The topological polar surface area (TPSA) is 73.3 Å². The molecule has 0 atom stereocenters. The van der Waals surface area contributed by atoms with Crippen LogP contribution in [-0.2, 0) is 0 Å². The van der Waals surface area contributed by atoms with E-state index in [9.17, 15) is 4.79 Å². The molecule has 0 aliphatic carbocycles. The first-order valence-electron chi connectivity index (χ1n) is 9.23. The standard InChI is InChI=1S/C23H17Cl2N3O3/c1-30-21-11-22(31-2)20(10-17(21)25)28-23(29)16-9-19(13-4-3-7-26-12-13)27-18-6-5-14(24)8-15(16)18/h3-12H,1-2H3,(H,28,29). The number of nitrogens with one attached hydrogen (secondary N) is 1. The predicted molar refractivity (Wildman–Crippen MR) is 122 cm³/mol. The Balaban J connectivity index is 1.82. The van der Waals surface area contributed by atoms with Gasteiger partial charge in [-0.3, -0.25) is 9.78 Å². The summed E-state index contributed by atoms with van der Waals surface area (Å²) in [6.45, 7) is 0. The zero-order valence-corrected chi connectivity index (χ0v) is 18.2. The van der Waals surface area contributed by atoms with Crippen molar-refractivity contribution in [1.82, 2.24) is 9.97 Å². The maximum Gasteiger partial charge on any atom is 0.256 e. The number of aromatic nitrogens is 2. The molecule has 0 fully saturated rings. The molecule has 156 valence electrons. The van der Waals surface area contributed by atoms with Crippen LogP contribution in [0.3, 0.4) is 0 Å². The van der Waals surface area contributed by atoms with Crippen molar-refractivity contribution in [1.29, 1.82) is 0 Å². The second kappa shape index (κ2) is 8.79. The van der Waals surface area contributed by atoms with E-state index >= 15 is 0 Å². The zero-order chi connectivity index (χ0) is 22.0. The lowest BCUT2D eigenvalue weighted by Crippen LogP contribution is -2.14. The Labute approximate surface area is 188 Å². The summed E-state index contributed by atoms with van der Waals surface area (Å²) in [4.78, 5) is 22.1. The predicted octanol–water partition coefficient (Wildman–Crippen LogP) is 5.87. The zero-order valence-electron chi connectivity index (χ0n) is 16.6. The highest BCUT2D eigenvalue weighted by Crippen LogP contribution is 2.36. The Morgan fingerprint density at radius 3 is 2.52 bits per heavy atom. The van der Waals surface area contributed by atoms with Crippen molar-refractivity contribution < 1.29 is 14.3 Å². The molecule has 0 saturated heterocycles. The molecular formula is C23H17Cl2N3O3. The summed E-state index contributed by atoms with van der Waals surface area (Å²) in [7, 11) is 3.01. The molecule has 2 aromatic heterocycles. The number of nitrogens with zero attached hydrogens (tertiary/aromatic N) is 2. The first kappa shape index (κ1) is 20.9. The molecule has 6 nitrogen and oxygen atoms in total. The van der Waals surface area contributed by atoms with Crippen LogP contribution in [0.15, 0.2) is 60.9 Å². The van der Waals surface area contributed by atoms with Crippen molar-refractivity contribution in [3.63, 3.8) is 0 Å². The van der Waals surface area contributed by atoms with E-state index in [0.717, 1.165) is 5.56 Å². The molecule has 0 unspecified atom stereocenters. The van der Waals surface area contributed by atoms with Gasteiger partial charge in [0, 0.05) is 34.4 Å². The highest BCUT2D eigenvalue weighted by Gasteiger charge is 2.18. The van der Waals surface area contributed by atoms with Crippen LogP contribution in [0.25, 0.3) is 22.2 Å². The Morgan fingerprint density at radius 2 is 1.81 bits per heavy atom.